The van der Waals surface area contributed by atoms with E-state index in [1.165, 1.54) is 6.42 Å². The fourth-order valence-corrected chi connectivity index (χ4v) is 3.06. The van der Waals surface area contributed by atoms with Gasteiger partial charge in [-0.1, -0.05) is 37.6 Å². The van der Waals surface area contributed by atoms with Crippen molar-refractivity contribution in [1.82, 2.24) is 4.90 Å². The summed E-state index contributed by atoms with van der Waals surface area (Å²) in [6, 6.07) is 7.32. The second-order valence-corrected chi connectivity index (χ2v) is 6.08. The van der Waals surface area contributed by atoms with Crippen LogP contribution in [0.25, 0.3) is 0 Å². The zero-order valence-electron chi connectivity index (χ0n) is 11.5. The van der Waals surface area contributed by atoms with Crippen LogP contribution in [0.5, 0.6) is 0 Å². The Kier molecular flexibility index (Phi) is 4.83. The third-order valence-corrected chi connectivity index (χ3v) is 3.79. The Morgan fingerprint density at radius 2 is 1.95 bits per heavy atom. The molecular formula is C15H21ClN2O. The van der Waals surface area contributed by atoms with Crippen molar-refractivity contribution in [1.29, 1.82) is 0 Å². The molecule has 4 heteroatoms. The second-order valence-electron chi connectivity index (χ2n) is 5.67. The van der Waals surface area contributed by atoms with Crippen LogP contribution in [0.15, 0.2) is 24.3 Å². The normalized spacial score (nSPS) is 24.2. The lowest BCUT2D eigenvalue weighted by Gasteiger charge is -2.34. The average Bonchev–Trinajstić information content (AvgIpc) is 2.30. The number of para-hydroxylation sites is 1. The van der Waals surface area contributed by atoms with Crippen LogP contribution in [0.2, 0.25) is 5.02 Å². The molecule has 1 aromatic rings. The summed E-state index contributed by atoms with van der Waals surface area (Å²) in [5, 5.41) is 3.45. The summed E-state index contributed by atoms with van der Waals surface area (Å²) < 4.78 is 0. The molecule has 1 fully saturated rings. The maximum absolute atomic E-state index is 12.0. The van der Waals surface area contributed by atoms with Gasteiger partial charge in [-0.05, 0) is 30.4 Å². The number of hydrogen-bond acceptors (Lipinski definition) is 2. The highest BCUT2D eigenvalue weighted by Gasteiger charge is 2.23. The lowest BCUT2D eigenvalue weighted by Crippen LogP contribution is -2.42. The van der Waals surface area contributed by atoms with Gasteiger partial charge in [-0.2, -0.15) is 0 Å². The molecule has 0 saturated carbocycles. The molecule has 3 nitrogen and oxygen atoms in total. The minimum absolute atomic E-state index is 0.00870. The summed E-state index contributed by atoms with van der Waals surface area (Å²) in [6.07, 6.45) is 1.25. The van der Waals surface area contributed by atoms with E-state index in [2.05, 4.69) is 24.1 Å². The number of anilines is 1. The van der Waals surface area contributed by atoms with Gasteiger partial charge in [0, 0.05) is 13.1 Å². The summed E-state index contributed by atoms with van der Waals surface area (Å²) in [5.74, 6) is 1.34. The lowest BCUT2D eigenvalue weighted by atomic mass is 9.92. The topological polar surface area (TPSA) is 32.3 Å². The van der Waals surface area contributed by atoms with Crippen LogP contribution in [0.3, 0.4) is 0 Å². The van der Waals surface area contributed by atoms with Crippen LogP contribution in [0.1, 0.15) is 20.3 Å². The molecule has 1 aliphatic heterocycles. The molecule has 2 rings (SSSR count). The Labute approximate surface area is 119 Å². The van der Waals surface area contributed by atoms with Crippen molar-refractivity contribution in [2.45, 2.75) is 20.3 Å². The Balaban J connectivity index is 1.89. The van der Waals surface area contributed by atoms with Crippen LogP contribution >= 0.6 is 11.6 Å². The summed E-state index contributed by atoms with van der Waals surface area (Å²) in [5.41, 5.74) is 0.687. The fourth-order valence-electron chi connectivity index (χ4n) is 2.88. The van der Waals surface area contributed by atoms with Gasteiger partial charge >= 0.3 is 0 Å². The number of nitrogens with zero attached hydrogens (tertiary/aromatic N) is 1. The lowest BCUT2D eigenvalue weighted by molar-refractivity contribution is -0.117. The largest absolute Gasteiger partial charge is 0.324 e. The molecule has 2 unspecified atom stereocenters. The first-order valence-electron chi connectivity index (χ1n) is 6.81. The van der Waals surface area contributed by atoms with Crippen molar-refractivity contribution in [2.75, 3.05) is 25.0 Å². The van der Waals surface area contributed by atoms with Gasteiger partial charge in [0.05, 0.1) is 17.3 Å². The molecule has 0 aliphatic carbocycles. The van der Waals surface area contributed by atoms with E-state index >= 15 is 0 Å². The SMILES string of the molecule is CC1CC(C)CN(CC(=O)Nc2ccccc2Cl)C1. The maximum Gasteiger partial charge on any atom is 0.238 e. The average molecular weight is 281 g/mol. The third-order valence-electron chi connectivity index (χ3n) is 3.46. The first-order valence-corrected chi connectivity index (χ1v) is 7.19. The number of rotatable bonds is 3. The molecule has 0 spiro atoms. The predicted octanol–water partition coefficient (Wildman–Crippen LogP) is 3.26. The number of benzene rings is 1. The van der Waals surface area contributed by atoms with E-state index in [4.69, 9.17) is 11.6 Å². The fraction of sp³-hybridized carbons (Fsp3) is 0.533. The highest BCUT2D eigenvalue weighted by Crippen LogP contribution is 2.22. The zero-order chi connectivity index (χ0) is 13.8. The van der Waals surface area contributed by atoms with Crippen LogP contribution < -0.4 is 5.32 Å². The van der Waals surface area contributed by atoms with Crippen molar-refractivity contribution < 1.29 is 4.79 Å². The molecule has 0 radical (unpaired) electrons. The smallest absolute Gasteiger partial charge is 0.238 e. The molecular weight excluding hydrogens is 260 g/mol. The highest BCUT2D eigenvalue weighted by molar-refractivity contribution is 6.33. The maximum atomic E-state index is 12.0. The van der Waals surface area contributed by atoms with Gasteiger partial charge < -0.3 is 5.32 Å². The number of carbonyl (C=O) groups excluding carboxylic acids is 1. The molecule has 1 aliphatic rings. The van der Waals surface area contributed by atoms with Gasteiger partial charge in [0.2, 0.25) is 5.91 Å². The first kappa shape index (κ1) is 14.4. The zero-order valence-corrected chi connectivity index (χ0v) is 12.3. The highest BCUT2D eigenvalue weighted by atomic mass is 35.5. The summed E-state index contributed by atoms with van der Waals surface area (Å²) in [7, 11) is 0. The number of amides is 1. The summed E-state index contributed by atoms with van der Waals surface area (Å²) in [6.45, 7) is 6.93. The minimum atomic E-state index is 0.00870. The predicted molar refractivity (Wildman–Crippen MR) is 79.5 cm³/mol. The summed E-state index contributed by atoms with van der Waals surface area (Å²) in [4.78, 5) is 14.3. The van der Waals surface area contributed by atoms with E-state index < -0.39 is 0 Å². The van der Waals surface area contributed by atoms with E-state index in [1.54, 1.807) is 6.07 Å². The van der Waals surface area contributed by atoms with Crippen LogP contribution in [0, 0.1) is 11.8 Å². The van der Waals surface area contributed by atoms with E-state index in [9.17, 15) is 4.79 Å². The van der Waals surface area contributed by atoms with E-state index in [0.29, 0.717) is 29.1 Å². The van der Waals surface area contributed by atoms with E-state index in [1.807, 2.05) is 18.2 Å². The molecule has 2 atom stereocenters. The molecule has 0 bridgehead atoms. The standard InChI is InChI=1S/C15H21ClN2O/c1-11-7-12(2)9-18(8-11)10-15(19)17-14-6-4-3-5-13(14)16/h3-6,11-12H,7-10H2,1-2H3,(H,17,19). The van der Waals surface area contributed by atoms with E-state index in [-0.39, 0.29) is 5.91 Å². The van der Waals surface area contributed by atoms with Gasteiger partial charge in [0.15, 0.2) is 0 Å². The Hall–Kier alpha value is -1.06. The van der Waals surface area contributed by atoms with Crippen LogP contribution in [-0.2, 0) is 4.79 Å². The van der Waals surface area contributed by atoms with Crippen molar-refractivity contribution in [3.05, 3.63) is 29.3 Å². The molecule has 19 heavy (non-hydrogen) atoms. The molecule has 1 aromatic carbocycles. The van der Waals surface area contributed by atoms with Crippen LogP contribution in [-0.4, -0.2) is 30.4 Å². The molecule has 0 aromatic heterocycles. The van der Waals surface area contributed by atoms with Crippen molar-refractivity contribution in [3.63, 3.8) is 0 Å². The Morgan fingerprint density at radius 1 is 1.32 bits per heavy atom. The molecule has 1 N–H and O–H groups in total. The number of nitrogens with one attached hydrogen (secondary N) is 1. The van der Waals surface area contributed by atoms with Gasteiger partial charge in [0.1, 0.15) is 0 Å². The third kappa shape index (κ3) is 4.22. The van der Waals surface area contributed by atoms with Crippen LogP contribution in [0.4, 0.5) is 5.69 Å². The molecule has 1 amide bonds. The Morgan fingerprint density at radius 3 is 2.58 bits per heavy atom. The molecule has 104 valence electrons. The first-order chi connectivity index (χ1) is 9.04. The van der Waals surface area contributed by atoms with Gasteiger partial charge in [0.25, 0.3) is 0 Å². The number of piperidine rings is 1. The number of hydrogen-bond donors (Lipinski definition) is 1. The molecule has 1 heterocycles. The number of likely N-dealkylation sites (tertiary alicyclic amines) is 1. The van der Waals surface area contributed by atoms with Gasteiger partial charge in [-0.25, -0.2) is 0 Å². The monoisotopic (exact) mass is 280 g/mol. The minimum Gasteiger partial charge on any atom is -0.324 e. The van der Waals surface area contributed by atoms with Gasteiger partial charge in [-0.3, -0.25) is 9.69 Å². The van der Waals surface area contributed by atoms with Gasteiger partial charge in [-0.15, -0.1) is 0 Å². The quantitative estimate of drug-likeness (QED) is 0.922. The van der Waals surface area contributed by atoms with Crippen molar-refractivity contribution in [2.24, 2.45) is 11.8 Å². The van der Waals surface area contributed by atoms with Crippen molar-refractivity contribution in [3.8, 4) is 0 Å². The second kappa shape index (κ2) is 6.40. The summed E-state index contributed by atoms with van der Waals surface area (Å²) >= 11 is 6.03. The Bertz CT molecular complexity index is 440. The number of carbonyl (C=O) groups is 1. The van der Waals surface area contributed by atoms with Crippen molar-refractivity contribution >= 4 is 23.2 Å². The van der Waals surface area contributed by atoms with E-state index in [0.717, 1.165) is 13.1 Å². The molecule has 1 saturated heterocycles. The number of halogens is 1.